The second kappa shape index (κ2) is 9.08. The minimum atomic E-state index is -0.363. The molecule has 3 N–H and O–H groups in total. The third kappa shape index (κ3) is 5.06. The van der Waals surface area contributed by atoms with Crippen molar-refractivity contribution in [3.63, 3.8) is 0 Å². The highest BCUT2D eigenvalue weighted by atomic mass is 16.1. The van der Waals surface area contributed by atoms with Crippen molar-refractivity contribution in [2.75, 3.05) is 10.6 Å². The number of imidazole rings is 1. The van der Waals surface area contributed by atoms with Gasteiger partial charge in [-0.05, 0) is 55.3 Å². The van der Waals surface area contributed by atoms with Gasteiger partial charge in [0.2, 0.25) is 5.95 Å². The summed E-state index contributed by atoms with van der Waals surface area (Å²) >= 11 is 0. The van der Waals surface area contributed by atoms with Gasteiger partial charge in [-0.2, -0.15) is 0 Å². The van der Waals surface area contributed by atoms with Crippen LogP contribution in [0.15, 0.2) is 71.1 Å². The highest BCUT2D eigenvalue weighted by Gasteiger charge is 2.11. The Bertz CT molecular complexity index is 1450. The van der Waals surface area contributed by atoms with Crippen LogP contribution in [0.5, 0.6) is 0 Å². The zero-order valence-electron chi connectivity index (χ0n) is 17.8. The second-order valence-electron chi connectivity index (χ2n) is 7.24. The Morgan fingerprint density at radius 2 is 2.00 bits per heavy atom. The van der Waals surface area contributed by atoms with Gasteiger partial charge in [-0.25, -0.2) is 9.97 Å². The maximum absolute atomic E-state index is 13.0. The van der Waals surface area contributed by atoms with Gasteiger partial charge in [0, 0.05) is 51.7 Å². The van der Waals surface area contributed by atoms with E-state index in [0.29, 0.717) is 28.3 Å². The van der Waals surface area contributed by atoms with Crippen molar-refractivity contribution in [3.05, 3.63) is 98.8 Å². The monoisotopic (exact) mass is 441 g/mol. The molecule has 2 heterocycles. The maximum Gasteiger partial charge on any atom is 0.255 e. The number of nitrogens with one attached hydrogen (secondary N) is 3. The van der Waals surface area contributed by atoms with E-state index in [1.165, 1.54) is 12.3 Å². The van der Waals surface area contributed by atoms with Crippen LogP contribution >= 0.6 is 0 Å². The van der Waals surface area contributed by atoms with Crippen molar-refractivity contribution in [1.29, 1.82) is 0 Å². The summed E-state index contributed by atoms with van der Waals surface area (Å²) in [4.78, 5) is 38.2. The number of benzene rings is 2. The first kappa shape index (κ1) is 21.3. The summed E-state index contributed by atoms with van der Waals surface area (Å²) in [6, 6.07) is 11.5. The molecule has 0 bridgehead atoms. The van der Waals surface area contributed by atoms with E-state index in [-0.39, 0.29) is 17.4 Å². The predicted molar refractivity (Wildman–Crippen MR) is 124 cm³/mol. The van der Waals surface area contributed by atoms with Crippen molar-refractivity contribution >= 4 is 28.9 Å². The second-order valence-corrected chi connectivity index (χ2v) is 7.24. The van der Waals surface area contributed by atoms with Gasteiger partial charge in [-0.1, -0.05) is 11.2 Å². The Hall–Kier alpha value is -4.89. The SMILES string of the molecule is Cc1cn(-c2cc(N=[N+]=[N-])cc(NC(=O)c3ccc(C)c(Nc4nccc(=O)[nH]4)c3)c2)cn1. The van der Waals surface area contributed by atoms with Crippen LogP contribution < -0.4 is 16.2 Å². The van der Waals surface area contributed by atoms with Gasteiger partial charge in [0.05, 0.1) is 12.0 Å². The number of aromatic nitrogens is 4. The van der Waals surface area contributed by atoms with Crippen LogP contribution in [0.1, 0.15) is 21.6 Å². The summed E-state index contributed by atoms with van der Waals surface area (Å²) in [5.41, 5.74) is 12.7. The molecule has 4 rings (SSSR count). The van der Waals surface area contributed by atoms with Gasteiger partial charge < -0.3 is 15.2 Å². The van der Waals surface area contributed by atoms with Crippen LogP contribution in [0.4, 0.5) is 23.0 Å². The molecule has 0 aliphatic carbocycles. The molecule has 0 saturated heterocycles. The molecule has 0 fully saturated rings. The highest BCUT2D eigenvalue weighted by molar-refractivity contribution is 6.05. The highest BCUT2D eigenvalue weighted by Crippen LogP contribution is 2.26. The number of hydrogen-bond donors (Lipinski definition) is 3. The molecule has 0 spiro atoms. The van der Waals surface area contributed by atoms with Crippen molar-refractivity contribution in [2.24, 2.45) is 5.11 Å². The van der Waals surface area contributed by atoms with Crippen LogP contribution in [-0.2, 0) is 0 Å². The molecule has 0 unspecified atom stereocenters. The number of aromatic amines is 1. The smallest absolute Gasteiger partial charge is 0.255 e. The zero-order chi connectivity index (χ0) is 23.4. The number of anilines is 3. The lowest BCUT2D eigenvalue weighted by Gasteiger charge is -2.12. The number of amides is 1. The minimum absolute atomic E-state index is 0.269. The van der Waals surface area contributed by atoms with Crippen LogP contribution in [-0.4, -0.2) is 25.4 Å². The van der Waals surface area contributed by atoms with Gasteiger partial charge >= 0.3 is 0 Å². The number of azide groups is 1. The lowest BCUT2D eigenvalue weighted by atomic mass is 10.1. The standard InChI is InChI=1S/C22H19N9O2/c1-13-3-4-15(7-19(13)27-22-24-6-5-20(32)28-22)21(33)26-16-8-17(29-30-23)10-18(9-16)31-11-14(2)25-12-31/h3-12H,1-2H3,(H,26,33)(H2,24,27,28,32). The normalized spacial score (nSPS) is 10.4. The number of carbonyl (C=O) groups is 1. The number of carbonyl (C=O) groups excluding carboxylic acids is 1. The van der Waals surface area contributed by atoms with E-state index in [1.807, 2.05) is 20.0 Å². The molecule has 1 amide bonds. The third-order valence-corrected chi connectivity index (χ3v) is 4.75. The van der Waals surface area contributed by atoms with Crippen molar-refractivity contribution in [1.82, 2.24) is 19.5 Å². The Labute approximate surface area is 187 Å². The average molecular weight is 441 g/mol. The third-order valence-electron chi connectivity index (χ3n) is 4.75. The quantitative estimate of drug-likeness (QED) is 0.228. The fourth-order valence-corrected chi connectivity index (χ4v) is 3.15. The lowest BCUT2D eigenvalue weighted by Crippen LogP contribution is -2.13. The molecule has 11 heteroatoms. The molecule has 2 aromatic carbocycles. The van der Waals surface area contributed by atoms with Crippen molar-refractivity contribution in [3.8, 4) is 5.69 Å². The number of H-pyrrole nitrogens is 1. The summed E-state index contributed by atoms with van der Waals surface area (Å²) in [6.07, 6.45) is 4.85. The molecule has 4 aromatic rings. The summed E-state index contributed by atoms with van der Waals surface area (Å²) in [7, 11) is 0. The van der Waals surface area contributed by atoms with E-state index in [9.17, 15) is 9.59 Å². The van der Waals surface area contributed by atoms with Crippen LogP contribution in [0.2, 0.25) is 0 Å². The number of nitrogens with zero attached hydrogens (tertiary/aromatic N) is 6. The lowest BCUT2D eigenvalue weighted by molar-refractivity contribution is 0.102. The van der Waals surface area contributed by atoms with Crippen LogP contribution in [0.3, 0.4) is 0 Å². The Morgan fingerprint density at radius 3 is 2.73 bits per heavy atom. The molecule has 0 saturated carbocycles. The molecule has 0 aliphatic rings. The topological polar surface area (TPSA) is 153 Å². The maximum atomic E-state index is 13.0. The first-order valence-corrected chi connectivity index (χ1v) is 9.87. The largest absolute Gasteiger partial charge is 0.325 e. The predicted octanol–water partition coefficient (Wildman–Crippen LogP) is 4.51. The van der Waals surface area contributed by atoms with Crippen LogP contribution in [0, 0.1) is 13.8 Å². The molecule has 11 nitrogen and oxygen atoms in total. The fraction of sp³-hybridized carbons (Fsp3) is 0.0909. The van der Waals surface area contributed by atoms with E-state index < -0.39 is 0 Å². The molecule has 164 valence electrons. The summed E-state index contributed by atoms with van der Waals surface area (Å²) in [6.45, 7) is 3.73. The average Bonchev–Trinajstić information content (AvgIpc) is 3.22. The van der Waals surface area contributed by atoms with E-state index in [4.69, 9.17) is 5.53 Å². The Morgan fingerprint density at radius 1 is 1.15 bits per heavy atom. The summed E-state index contributed by atoms with van der Waals surface area (Å²) < 4.78 is 1.77. The minimum Gasteiger partial charge on any atom is -0.325 e. The molecule has 0 radical (unpaired) electrons. The summed E-state index contributed by atoms with van der Waals surface area (Å²) in [5.74, 6) is -0.0936. The zero-order valence-corrected chi connectivity index (χ0v) is 17.8. The van der Waals surface area contributed by atoms with Crippen LogP contribution in [0.25, 0.3) is 16.1 Å². The molecule has 0 aliphatic heterocycles. The van der Waals surface area contributed by atoms with Gasteiger partial charge in [0.15, 0.2) is 0 Å². The van der Waals surface area contributed by atoms with E-state index in [1.54, 1.807) is 47.3 Å². The van der Waals surface area contributed by atoms with Crippen molar-refractivity contribution in [2.45, 2.75) is 13.8 Å². The Kier molecular flexibility index (Phi) is 5.87. The van der Waals surface area contributed by atoms with E-state index in [0.717, 1.165) is 11.3 Å². The van der Waals surface area contributed by atoms with Gasteiger partial charge in [0.1, 0.15) is 0 Å². The molecule has 0 atom stereocenters. The first-order chi connectivity index (χ1) is 15.9. The molecular weight excluding hydrogens is 422 g/mol. The van der Waals surface area contributed by atoms with E-state index in [2.05, 4.69) is 35.6 Å². The molecule has 2 aromatic heterocycles. The van der Waals surface area contributed by atoms with Gasteiger partial charge in [-0.15, -0.1) is 0 Å². The molecular formula is C22H19N9O2. The van der Waals surface area contributed by atoms with Gasteiger partial charge in [-0.3, -0.25) is 14.6 Å². The number of aryl methyl sites for hydroxylation is 2. The van der Waals surface area contributed by atoms with Gasteiger partial charge in [0.25, 0.3) is 11.5 Å². The Balaban J connectivity index is 1.62. The molecule has 33 heavy (non-hydrogen) atoms. The van der Waals surface area contributed by atoms with E-state index >= 15 is 0 Å². The first-order valence-electron chi connectivity index (χ1n) is 9.87. The number of hydrogen-bond acceptors (Lipinski definition) is 6. The fourth-order valence-electron chi connectivity index (χ4n) is 3.15. The number of rotatable bonds is 6. The summed E-state index contributed by atoms with van der Waals surface area (Å²) in [5, 5.41) is 9.52. The van der Waals surface area contributed by atoms with Crippen molar-refractivity contribution < 1.29 is 4.79 Å².